The molecule has 0 aliphatic heterocycles. The molecule has 2 aromatic carbocycles. The van der Waals surface area contributed by atoms with E-state index in [9.17, 15) is 14.7 Å². The Labute approximate surface area is 127 Å². The van der Waals surface area contributed by atoms with Crippen LogP contribution in [0, 0.1) is 6.92 Å². The van der Waals surface area contributed by atoms with E-state index in [1.807, 2.05) is 49.4 Å². The largest absolute Gasteiger partial charge is 0.506 e. The monoisotopic (exact) mass is 293 g/mol. The Hall–Kier alpha value is -2.88. The Balaban J connectivity index is 2.34. The van der Waals surface area contributed by atoms with Crippen LogP contribution < -0.4 is 5.56 Å². The third-order valence-electron chi connectivity index (χ3n) is 3.73. The zero-order valence-electron chi connectivity index (χ0n) is 12.1. The molecule has 1 heterocycles. The molecule has 3 rings (SSSR count). The molecule has 1 aromatic heterocycles. The van der Waals surface area contributed by atoms with Crippen LogP contribution in [0.25, 0.3) is 10.9 Å². The highest BCUT2D eigenvalue weighted by Crippen LogP contribution is 2.26. The molecular weight excluding hydrogens is 278 g/mol. The summed E-state index contributed by atoms with van der Waals surface area (Å²) < 4.78 is 1.53. The smallest absolute Gasteiger partial charge is 0.265 e. The van der Waals surface area contributed by atoms with E-state index in [-0.39, 0.29) is 11.3 Å². The molecule has 1 N–H and O–H groups in total. The third-order valence-corrected chi connectivity index (χ3v) is 3.73. The Kier molecular flexibility index (Phi) is 3.51. The highest BCUT2D eigenvalue weighted by molar-refractivity contribution is 5.93. The molecule has 0 aliphatic rings. The number of pyridine rings is 1. The van der Waals surface area contributed by atoms with Gasteiger partial charge in [-0.2, -0.15) is 0 Å². The van der Waals surface area contributed by atoms with Crippen molar-refractivity contribution < 1.29 is 9.90 Å². The van der Waals surface area contributed by atoms with Gasteiger partial charge in [0.1, 0.15) is 11.3 Å². The lowest BCUT2D eigenvalue weighted by atomic mass is 10.1. The Morgan fingerprint density at radius 3 is 2.55 bits per heavy atom. The second-order valence-electron chi connectivity index (χ2n) is 5.28. The summed E-state index contributed by atoms with van der Waals surface area (Å²) in [5, 5.41) is 10.7. The van der Waals surface area contributed by atoms with Gasteiger partial charge >= 0.3 is 0 Å². The first-order valence-corrected chi connectivity index (χ1v) is 6.97. The SMILES string of the molecule is Cc1ccc2c(O)c(C=O)c(=O)n(Cc3ccccc3)c2c1. The molecule has 3 aromatic rings. The van der Waals surface area contributed by atoms with Crippen LogP contribution in [0.2, 0.25) is 0 Å². The Bertz CT molecular complexity index is 911. The second kappa shape index (κ2) is 5.48. The van der Waals surface area contributed by atoms with Crippen LogP contribution in [-0.2, 0) is 6.54 Å². The van der Waals surface area contributed by atoms with Gasteiger partial charge in [0, 0.05) is 5.39 Å². The standard InChI is InChI=1S/C18H15NO3/c1-12-7-8-14-16(9-12)19(10-13-5-3-2-4-6-13)18(22)15(11-20)17(14)21/h2-9,11,21H,10H2,1H3. The molecule has 0 bridgehead atoms. The van der Waals surface area contributed by atoms with Crippen LogP contribution in [0.1, 0.15) is 21.5 Å². The van der Waals surface area contributed by atoms with Gasteiger partial charge in [-0.05, 0) is 30.2 Å². The lowest BCUT2D eigenvalue weighted by Gasteiger charge is -2.14. The van der Waals surface area contributed by atoms with Crippen molar-refractivity contribution in [3.63, 3.8) is 0 Å². The zero-order chi connectivity index (χ0) is 15.7. The van der Waals surface area contributed by atoms with Gasteiger partial charge in [-0.1, -0.05) is 36.4 Å². The topological polar surface area (TPSA) is 59.3 Å². The Morgan fingerprint density at radius 1 is 1.14 bits per heavy atom. The minimum atomic E-state index is -0.477. The molecule has 0 spiro atoms. The number of carbonyl (C=O) groups excluding carboxylic acids is 1. The number of nitrogens with zero attached hydrogens (tertiary/aromatic N) is 1. The molecule has 0 fully saturated rings. The maximum atomic E-state index is 12.5. The minimum Gasteiger partial charge on any atom is -0.506 e. The normalized spacial score (nSPS) is 10.8. The van der Waals surface area contributed by atoms with Crippen molar-refractivity contribution in [1.29, 1.82) is 0 Å². The van der Waals surface area contributed by atoms with E-state index >= 15 is 0 Å². The molecule has 110 valence electrons. The number of aldehydes is 1. The van der Waals surface area contributed by atoms with Crippen LogP contribution >= 0.6 is 0 Å². The van der Waals surface area contributed by atoms with E-state index in [0.717, 1.165) is 11.1 Å². The van der Waals surface area contributed by atoms with Gasteiger partial charge in [-0.3, -0.25) is 9.59 Å². The van der Waals surface area contributed by atoms with Crippen LogP contribution in [0.15, 0.2) is 53.3 Å². The predicted octanol–water partition coefficient (Wildman–Crippen LogP) is 2.88. The zero-order valence-corrected chi connectivity index (χ0v) is 12.1. The number of aromatic hydroxyl groups is 1. The number of fused-ring (bicyclic) bond motifs is 1. The van der Waals surface area contributed by atoms with Crippen molar-refractivity contribution in [3.8, 4) is 5.75 Å². The van der Waals surface area contributed by atoms with Gasteiger partial charge in [0.2, 0.25) is 0 Å². The van der Waals surface area contributed by atoms with Gasteiger partial charge in [-0.15, -0.1) is 0 Å². The van der Waals surface area contributed by atoms with E-state index in [4.69, 9.17) is 0 Å². The van der Waals surface area contributed by atoms with E-state index < -0.39 is 5.56 Å². The van der Waals surface area contributed by atoms with E-state index in [1.165, 1.54) is 4.57 Å². The second-order valence-corrected chi connectivity index (χ2v) is 5.28. The lowest BCUT2D eigenvalue weighted by molar-refractivity contribution is 0.111. The van der Waals surface area contributed by atoms with Crippen LogP contribution in [0.5, 0.6) is 5.75 Å². The summed E-state index contributed by atoms with van der Waals surface area (Å²) in [6.07, 6.45) is 0.415. The van der Waals surface area contributed by atoms with Crippen molar-refractivity contribution >= 4 is 17.2 Å². The first-order chi connectivity index (χ1) is 10.6. The van der Waals surface area contributed by atoms with Crippen molar-refractivity contribution in [1.82, 2.24) is 4.57 Å². The number of carbonyl (C=O) groups is 1. The molecular formula is C18H15NO3. The summed E-state index contributed by atoms with van der Waals surface area (Å²) in [5.74, 6) is -0.251. The van der Waals surface area contributed by atoms with Gasteiger partial charge in [0.05, 0.1) is 12.1 Å². The van der Waals surface area contributed by atoms with Crippen molar-refractivity contribution in [2.75, 3.05) is 0 Å². The summed E-state index contributed by atoms with van der Waals surface area (Å²) in [5.41, 5.74) is 1.88. The lowest BCUT2D eigenvalue weighted by Crippen LogP contribution is -2.24. The van der Waals surface area contributed by atoms with Crippen LogP contribution in [0.4, 0.5) is 0 Å². The van der Waals surface area contributed by atoms with Crippen LogP contribution in [0.3, 0.4) is 0 Å². The first kappa shape index (κ1) is 14.1. The van der Waals surface area contributed by atoms with Crippen molar-refractivity contribution in [3.05, 3.63) is 75.6 Å². The number of aryl methyl sites for hydroxylation is 1. The molecule has 0 aliphatic carbocycles. The fourth-order valence-corrected chi connectivity index (χ4v) is 2.60. The fraction of sp³-hybridized carbons (Fsp3) is 0.111. The molecule has 0 saturated heterocycles. The highest BCUT2D eigenvalue weighted by atomic mass is 16.3. The average molecular weight is 293 g/mol. The van der Waals surface area contributed by atoms with E-state index in [2.05, 4.69) is 0 Å². The van der Waals surface area contributed by atoms with Crippen molar-refractivity contribution in [2.24, 2.45) is 0 Å². The molecule has 0 radical (unpaired) electrons. The average Bonchev–Trinajstić information content (AvgIpc) is 2.53. The minimum absolute atomic E-state index is 0.202. The van der Waals surface area contributed by atoms with Gasteiger partial charge in [0.15, 0.2) is 6.29 Å². The molecule has 22 heavy (non-hydrogen) atoms. The highest BCUT2D eigenvalue weighted by Gasteiger charge is 2.16. The molecule has 4 nitrogen and oxygen atoms in total. The number of rotatable bonds is 3. The number of hydrogen-bond donors (Lipinski definition) is 1. The molecule has 0 amide bonds. The maximum Gasteiger partial charge on any atom is 0.265 e. The van der Waals surface area contributed by atoms with Gasteiger partial charge in [0.25, 0.3) is 5.56 Å². The van der Waals surface area contributed by atoms with E-state index in [1.54, 1.807) is 6.07 Å². The molecule has 0 atom stereocenters. The van der Waals surface area contributed by atoms with E-state index in [0.29, 0.717) is 23.7 Å². The first-order valence-electron chi connectivity index (χ1n) is 6.97. The number of aromatic nitrogens is 1. The fourth-order valence-electron chi connectivity index (χ4n) is 2.60. The Morgan fingerprint density at radius 2 is 1.86 bits per heavy atom. The van der Waals surface area contributed by atoms with Gasteiger partial charge in [-0.25, -0.2) is 0 Å². The molecule has 0 saturated carbocycles. The number of benzene rings is 2. The quantitative estimate of drug-likeness (QED) is 0.755. The molecule has 0 unspecified atom stereocenters. The maximum absolute atomic E-state index is 12.5. The summed E-state index contributed by atoms with van der Waals surface area (Å²) >= 11 is 0. The predicted molar refractivity (Wildman–Crippen MR) is 85.5 cm³/mol. The van der Waals surface area contributed by atoms with Crippen LogP contribution in [-0.4, -0.2) is 16.0 Å². The summed E-state index contributed by atoms with van der Waals surface area (Å²) in [7, 11) is 0. The summed E-state index contributed by atoms with van der Waals surface area (Å²) in [6.45, 7) is 2.27. The van der Waals surface area contributed by atoms with Gasteiger partial charge < -0.3 is 9.67 Å². The summed E-state index contributed by atoms with van der Waals surface area (Å²) in [4.78, 5) is 23.7. The number of hydrogen-bond acceptors (Lipinski definition) is 3. The summed E-state index contributed by atoms with van der Waals surface area (Å²) in [6, 6.07) is 14.9. The third kappa shape index (κ3) is 2.29. The van der Waals surface area contributed by atoms with Crippen molar-refractivity contribution in [2.45, 2.75) is 13.5 Å². The molecule has 4 heteroatoms.